The molecule has 0 unspecified atom stereocenters. The van der Waals surface area contributed by atoms with E-state index >= 15 is 0 Å². The van der Waals surface area contributed by atoms with Crippen LogP contribution in [0, 0.1) is 11.3 Å². The zero-order valence-electron chi connectivity index (χ0n) is 11.8. The lowest BCUT2D eigenvalue weighted by Crippen LogP contribution is -2.20. The molecule has 0 fully saturated rings. The molecule has 0 saturated carbocycles. The molecule has 1 heterocycles. The van der Waals surface area contributed by atoms with Crippen LogP contribution in [0.15, 0.2) is 12.2 Å². The number of carbonyl (C=O) groups excluding carboxylic acids is 2. The van der Waals surface area contributed by atoms with Gasteiger partial charge in [-0.3, -0.25) is 4.79 Å². The Hall–Kier alpha value is -2.13. The van der Waals surface area contributed by atoms with Gasteiger partial charge in [-0.25, -0.2) is 4.79 Å². The van der Waals surface area contributed by atoms with Gasteiger partial charge in [-0.05, 0) is 38.2 Å². The number of anilines is 1. The number of hydrogen-bond donors (Lipinski definition) is 1. The largest absolute Gasteiger partial charge is 0.452 e. The molecule has 1 aliphatic carbocycles. The van der Waals surface area contributed by atoms with Crippen molar-refractivity contribution in [2.24, 2.45) is 0 Å². The van der Waals surface area contributed by atoms with Crippen molar-refractivity contribution in [3.05, 3.63) is 28.2 Å². The number of thiophene rings is 1. The number of aryl methyl sites for hydroxylation is 1. The van der Waals surface area contributed by atoms with E-state index in [2.05, 4.69) is 11.4 Å². The van der Waals surface area contributed by atoms with E-state index in [0.29, 0.717) is 10.6 Å². The van der Waals surface area contributed by atoms with Gasteiger partial charge in [0.05, 0.1) is 5.56 Å². The van der Waals surface area contributed by atoms with Gasteiger partial charge in [0.2, 0.25) is 0 Å². The molecule has 1 aromatic heterocycles. The van der Waals surface area contributed by atoms with Crippen molar-refractivity contribution >= 4 is 28.2 Å². The smallest absolute Gasteiger partial charge is 0.330 e. The third kappa shape index (κ3) is 3.70. The lowest BCUT2D eigenvalue weighted by molar-refractivity contribution is -0.142. The van der Waals surface area contributed by atoms with E-state index in [1.807, 2.05) is 0 Å². The fourth-order valence-corrected chi connectivity index (χ4v) is 3.51. The normalized spacial score (nSPS) is 13.5. The van der Waals surface area contributed by atoms with Gasteiger partial charge in [0.1, 0.15) is 11.1 Å². The zero-order valence-corrected chi connectivity index (χ0v) is 12.6. The average Bonchev–Trinajstić information content (AvgIpc) is 2.82. The Morgan fingerprint density at radius 2 is 2.19 bits per heavy atom. The molecule has 5 nitrogen and oxygen atoms in total. The van der Waals surface area contributed by atoms with Crippen LogP contribution in [0.2, 0.25) is 0 Å². The molecule has 110 valence electrons. The molecule has 0 saturated heterocycles. The van der Waals surface area contributed by atoms with Crippen LogP contribution in [-0.4, -0.2) is 18.5 Å². The van der Waals surface area contributed by atoms with Crippen LogP contribution in [0.4, 0.5) is 5.00 Å². The van der Waals surface area contributed by atoms with Crippen LogP contribution < -0.4 is 5.32 Å². The minimum atomic E-state index is -0.557. The first-order chi connectivity index (χ1) is 10.2. The highest BCUT2D eigenvalue weighted by atomic mass is 32.1. The topological polar surface area (TPSA) is 79.2 Å². The molecular formula is C15H16N2O3S. The summed E-state index contributed by atoms with van der Waals surface area (Å²) in [5.41, 5.74) is 1.62. The summed E-state index contributed by atoms with van der Waals surface area (Å²) in [4.78, 5) is 24.1. The molecule has 2 rings (SSSR count). The summed E-state index contributed by atoms with van der Waals surface area (Å²) < 4.78 is 4.78. The van der Waals surface area contributed by atoms with Crippen LogP contribution in [0.1, 0.15) is 35.8 Å². The number of nitrogens with zero attached hydrogens (tertiary/aromatic N) is 1. The quantitative estimate of drug-likeness (QED) is 0.685. The minimum absolute atomic E-state index is 0.351. The van der Waals surface area contributed by atoms with Crippen molar-refractivity contribution in [2.75, 3.05) is 11.9 Å². The number of carbonyl (C=O) groups is 2. The highest BCUT2D eigenvalue weighted by Crippen LogP contribution is 2.37. The highest BCUT2D eigenvalue weighted by Gasteiger charge is 2.21. The first-order valence-corrected chi connectivity index (χ1v) is 7.61. The lowest BCUT2D eigenvalue weighted by Gasteiger charge is -2.09. The Morgan fingerprint density at radius 3 is 2.90 bits per heavy atom. The SMILES string of the molecule is CC=CC(=O)OCC(=O)Nc1sc2c(c1C#N)CCCC2. The minimum Gasteiger partial charge on any atom is -0.452 e. The summed E-state index contributed by atoms with van der Waals surface area (Å²) in [7, 11) is 0. The van der Waals surface area contributed by atoms with Gasteiger partial charge in [0.25, 0.3) is 5.91 Å². The Morgan fingerprint density at radius 1 is 1.43 bits per heavy atom. The zero-order chi connectivity index (χ0) is 15.2. The molecule has 6 heteroatoms. The maximum absolute atomic E-state index is 11.8. The van der Waals surface area contributed by atoms with Gasteiger partial charge in [-0.15, -0.1) is 11.3 Å². The van der Waals surface area contributed by atoms with Crippen molar-refractivity contribution < 1.29 is 14.3 Å². The Balaban J connectivity index is 2.03. The second kappa shape index (κ2) is 7.04. The van der Waals surface area contributed by atoms with Crippen LogP contribution >= 0.6 is 11.3 Å². The summed E-state index contributed by atoms with van der Waals surface area (Å²) >= 11 is 1.45. The average molecular weight is 304 g/mol. The summed E-state index contributed by atoms with van der Waals surface area (Å²) in [5.74, 6) is -0.985. The molecule has 0 aliphatic heterocycles. The molecule has 21 heavy (non-hydrogen) atoms. The van der Waals surface area contributed by atoms with E-state index in [1.54, 1.807) is 13.0 Å². The van der Waals surface area contributed by atoms with Gasteiger partial charge in [-0.1, -0.05) is 6.08 Å². The Bertz CT molecular complexity index is 626. The number of amides is 1. The van der Waals surface area contributed by atoms with Gasteiger partial charge in [0, 0.05) is 11.0 Å². The standard InChI is InChI=1S/C15H16N2O3S/c1-2-5-14(19)20-9-13(18)17-15-11(8-16)10-6-3-4-7-12(10)21-15/h2,5H,3-4,6-7,9H2,1H3,(H,17,18). The van der Waals surface area contributed by atoms with Crippen LogP contribution in [0.5, 0.6) is 0 Å². The number of hydrogen-bond acceptors (Lipinski definition) is 5. The Labute approximate surface area is 127 Å². The first-order valence-electron chi connectivity index (χ1n) is 6.79. The summed E-state index contributed by atoms with van der Waals surface area (Å²) in [6, 6.07) is 2.17. The van der Waals surface area contributed by atoms with E-state index in [-0.39, 0.29) is 6.61 Å². The number of nitriles is 1. The number of esters is 1. The van der Waals surface area contributed by atoms with Crippen molar-refractivity contribution in [3.63, 3.8) is 0 Å². The first kappa shape index (κ1) is 15.3. The second-order valence-corrected chi connectivity index (χ2v) is 5.79. The van der Waals surface area contributed by atoms with Gasteiger partial charge in [-0.2, -0.15) is 5.26 Å². The summed E-state index contributed by atoms with van der Waals surface area (Å²) in [6.07, 6.45) is 6.83. The predicted molar refractivity (Wildman–Crippen MR) is 80.1 cm³/mol. The fraction of sp³-hybridized carbons (Fsp3) is 0.400. The van der Waals surface area contributed by atoms with E-state index < -0.39 is 11.9 Å². The molecule has 0 atom stereocenters. The van der Waals surface area contributed by atoms with Gasteiger partial charge < -0.3 is 10.1 Å². The fourth-order valence-electron chi connectivity index (χ4n) is 2.26. The number of ether oxygens (including phenoxy) is 1. The molecular weight excluding hydrogens is 288 g/mol. The van der Waals surface area contributed by atoms with Crippen molar-refractivity contribution in [3.8, 4) is 6.07 Å². The van der Waals surface area contributed by atoms with Crippen molar-refractivity contribution in [1.29, 1.82) is 5.26 Å². The van der Waals surface area contributed by atoms with Crippen molar-refractivity contribution in [2.45, 2.75) is 32.6 Å². The van der Waals surface area contributed by atoms with Gasteiger partial charge >= 0.3 is 5.97 Å². The predicted octanol–water partition coefficient (Wildman–Crippen LogP) is 2.56. The third-order valence-electron chi connectivity index (χ3n) is 3.18. The number of nitrogens with one attached hydrogen (secondary N) is 1. The van der Waals surface area contributed by atoms with Crippen molar-refractivity contribution in [1.82, 2.24) is 0 Å². The maximum atomic E-state index is 11.8. The highest BCUT2D eigenvalue weighted by molar-refractivity contribution is 7.16. The number of allylic oxidation sites excluding steroid dienone is 1. The molecule has 0 bridgehead atoms. The van der Waals surface area contributed by atoms with E-state index in [9.17, 15) is 14.9 Å². The van der Waals surface area contributed by atoms with E-state index in [1.165, 1.54) is 22.3 Å². The third-order valence-corrected chi connectivity index (χ3v) is 4.39. The molecule has 1 aliphatic rings. The maximum Gasteiger partial charge on any atom is 0.330 e. The monoisotopic (exact) mass is 304 g/mol. The molecule has 1 amide bonds. The van der Waals surface area contributed by atoms with E-state index in [0.717, 1.165) is 31.2 Å². The summed E-state index contributed by atoms with van der Waals surface area (Å²) in [5, 5.41) is 12.5. The number of rotatable bonds is 4. The van der Waals surface area contributed by atoms with Crippen LogP contribution in [0.25, 0.3) is 0 Å². The lowest BCUT2D eigenvalue weighted by atomic mass is 9.96. The van der Waals surface area contributed by atoms with Crippen LogP contribution in [-0.2, 0) is 27.2 Å². The molecule has 1 aromatic rings. The van der Waals surface area contributed by atoms with E-state index in [4.69, 9.17) is 4.74 Å². The second-order valence-electron chi connectivity index (χ2n) is 4.68. The summed E-state index contributed by atoms with van der Waals surface area (Å²) in [6.45, 7) is 1.34. The molecule has 0 spiro atoms. The van der Waals surface area contributed by atoms with Crippen LogP contribution in [0.3, 0.4) is 0 Å². The molecule has 0 radical (unpaired) electrons. The van der Waals surface area contributed by atoms with Gasteiger partial charge in [0.15, 0.2) is 6.61 Å². The molecule has 0 aromatic carbocycles. The Kier molecular flexibility index (Phi) is 5.12. The number of fused-ring (bicyclic) bond motifs is 1. The molecule has 1 N–H and O–H groups in total.